The van der Waals surface area contributed by atoms with Gasteiger partial charge in [0.1, 0.15) is 5.75 Å². The molecular weight excluding hydrogens is 400 g/mol. The monoisotopic (exact) mass is 420 g/mol. The molecule has 0 saturated carbocycles. The summed E-state index contributed by atoms with van der Waals surface area (Å²) in [6.45, 7) is 1.43. The second-order valence-corrected chi connectivity index (χ2v) is 7.07. The summed E-state index contributed by atoms with van der Waals surface area (Å²) in [6, 6.07) is 8.92. The van der Waals surface area contributed by atoms with E-state index in [0.29, 0.717) is 43.4 Å². The van der Waals surface area contributed by atoms with Gasteiger partial charge in [0.25, 0.3) is 11.8 Å². The molecule has 1 heterocycles. The molecule has 0 unspecified atom stereocenters. The number of phenols is 3. The topological polar surface area (TPSA) is 111 Å². The number of hydrogen-bond donors (Lipinski definition) is 3. The Labute approximate surface area is 172 Å². The lowest BCUT2D eigenvalue weighted by molar-refractivity contribution is -0.133. The van der Waals surface area contributed by atoms with Crippen molar-refractivity contribution in [1.82, 2.24) is 9.80 Å². The number of aromatic hydroxyl groups is 3. The minimum atomic E-state index is -0.671. The summed E-state index contributed by atoms with van der Waals surface area (Å²) in [5.74, 6) is -1.86. The Kier molecular flexibility index (Phi) is 6.33. The zero-order valence-electron chi connectivity index (χ0n) is 15.5. The van der Waals surface area contributed by atoms with Crippen molar-refractivity contribution < 1.29 is 29.6 Å². The lowest BCUT2D eigenvalue weighted by atomic mass is 10.1. The molecule has 2 aromatic carbocycles. The first-order chi connectivity index (χ1) is 13.8. The average molecular weight is 421 g/mol. The minimum absolute atomic E-state index is 0.0589. The number of benzene rings is 2. The molecule has 1 aliphatic heterocycles. The highest BCUT2D eigenvalue weighted by Crippen LogP contribution is 2.35. The number of nitrogens with zero attached hydrogens (tertiary/aromatic N) is 2. The van der Waals surface area contributed by atoms with E-state index in [-0.39, 0.29) is 18.1 Å². The maximum absolute atomic E-state index is 12.7. The molecule has 0 atom stereocenters. The molecule has 8 nitrogen and oxygen atoms in total. The molecule has 3 rings (SSSR count). The van der Waals surface area contributed by atoms with Gasteiger partial charge in [-0.1, -0.05) is 11.6 Å². The normalized spacial score (nSPS) is 14.4. The fourth-order valence-electron chi connectivity index (χ4n) is 3.05. The molecule has 1 fully saturated rings. The van der Waals surface area contributed by atoms with Gasteiger partial charge in [-0.25, -0.2) is 0 Å². The van der Waals surface area contributed by atoms with Crippen LogP contribution in [0.4, 0.5) is 0 Å². The van der Waals surface area contributed by atoms with E-state index in [0.717, 1.165) is 12.1 Å². The molecule has 9 heteroatoms. The number of halogens is 1. The van der Waals surface area contributed by atoms with Crippen LogP contribution in [0.25, 0.3) is 0 Å². The van der Waals surface area contributed by atoms with E-state index in [9.17, 15) is 24.9 Å². The molecule has 154 valence electrons. The van der Waals surface area contributed by atoms with Crippen LogP contribution in [0.1, 0.15) is 16.8 Å². The molecule has 0 bridgehead atoms. The second-order valence-electron chi connectivity index (χ2n) is 6.63. The number of rotatable bonds is 4. The molecular formula is C20H21ClN2O6. The van der Waals surface area contributed by atoms with Gasteiger partial charge in [0.2, 0.25) is 0 Å². The Morgan fingerprint density at radius 2 is 1.52 bits per heavy atom. The standard InChI is InChI=1S/C20H21ClN2O6/c21-14-2-4-15(5-3-14)29-12-18(26)22-6-1-7-23(9-8-22)20(28)13-10-16(24)19(27)17(25)11-13/h2-5,10-11,24-25,27H,1,6-9,12H2. The largest absolute Gasteiger partial charge is 0.504 e. The van der Waals surface area contributed by atoms with Crippen molar-refractivity contribution >= 4 is 23.4 Å². The lowest BCUT2D eigenvalue weighted by Crippen LogP contribution is -2.39. The minimum Gasteiger partial charge on any atom is -0.504 e. The van der Waals surface area contributed by atoms with E-state index in [1.807, 2.05) is 0 Å². The van der Waals surface area contributed by atoms with Crippen LogP contribution < -0.4 is 4.74 Å². The Morgan fingerprint density at radius 3 is 2.17 bits per heavy atom. The van der Waals surface area contributed by atoms with Crippen LogP contribution in [0, 0.1) is 0 Å². The van der Waals surface area contributed by atoms with Crippen molar-refractivity contribution in [1.29, 1.82) is 0 Å². The van der Waals surface area contributed by atoms with Crippen molar-refractivity contribution in [3.05, 3.63) is 47.0 Å². The first-order valence-electron chi connectivity index (χ1n) is 9.05. The summed E-state index contributed by atoms with van der Waals surface area (Å²) in [7, 11) is 0. The Hall–Kier alpha value is -3.13. The van der Waals surface area contributed by atoms with Gasteiger partial charge in [-0.3, -0.25) is 9.59 Å². The number of carbonyl (C=O) groups excluding carboxylic acids is 2. The van der Waals surface area contributed by atoms with E-state index >= 15 is 0 Å². The average Bonchev–Trinajstić information content (AvgIpc) is 2.97. The van der Waals surface area contributed by atoms with E-state index in [2.05, 4.69) is 0 Å². The van der Waals surface area contributed by atoms with Gasteiger partial charge in [-0.05, 0) is 42.8 Å². The third-order valence-corrected chi connectivity index (χ3v) is 4.88. The summed E-state index contributed by atoms with van der Waals surface area (Å²) in [5.41, 5.74) is 0.0589. The zero-order valence-corrected chi connectivity index (χ0v) is 16.3. The van der Waals surface area contributed by atoms with Gasteiger partial charge < -0.3 is 29.9 Å². The zero-order chi connectivity index (χ0) is 21.0. The Balaban J connectivity index is 1.57. The van der Waals surface area contributed by atoms with Crippen LogP contribution in [0.5, 0.6) is 23.0 Å². The first kappa shape index (κ1) is 20.6. The number of carbonyl (C=O) groups is 2. The highest BCUT2D eigenvalue weighted by atomic mass is 35.5. The summed E-state index contributed by atoms with van der Waals surface area (Å²) >= 11 is 5.82. The number of amides is 2. The predicted molar refractivity (Wildman–Crippen MR) is 105 cm³/mol. The van der Waals surface area contributed by atoms with Crippen molar-refractivity contribution in [2.24, 2.45) is 0 Å². The summed E-state index contributed by atoms with van der Waals surface area (Å²) in [5, 5.41) is 29.2. The van der Waals surface area contributed by atoms with Crippen LogP contribution in [0.15, 0.2) is 36.4 Å². The molecule has 0 spiro atoms. The van der Waals surface area contributed by atoms with Crippen molar-refractivity contribution in [3.63, 3.8) is 0 Å². The first-order valence-corrected chi connectivity index (χ1v) is 9.43. The predicted octanol–water partition coefficient (Wildman–Crippen LogP) is 2.21. The van der Waals surface area contributed by atoms with Crippen LogP contribution in [-0.4, -0.2) is 69.7 Å². The summed E-state index contributed by atoms with van der Waals surface area (Å²) in [4.78, 5) is 28.3. The Bertz CT molecular complexity index is 879. The molecule has 0 aromatic heterocycles. The van der Waals surface area contributed by atoms with Crippen LogP contribution >= 0.6 is 11.6 Å². The quantitative estimate of drug-likeness (QED) is 0.654. The van der Waals surface area contributed by atoms with Gasteiger partial charge in [0.15, 0.2) is 23.9 Å². The highest BCUT2D eigenvalue weighted by molar-refractivity contribution is 6.30. The van der Waals surface area contributed by atoms with Gasteiger partial charge >= 0.3 is 0 Å². The molecule has 0 radical (unpaired) electrons. The van der Waals surface area contributed by atoms with Gasteiger partial charge in [0.05, 0.1) is 0 Å². The third kappa shape index (κ3) is 5.03. The molecule has 2 aromatic rings. The van der Waals surface area contributed by atoms with Gasteiger partial charge in [-0.2, -0.15) is 0 Å². The maximum Gasteiger partial charge on any atom is 0.260 e. The molecule has 0 aliphatic carbocycles. The van der Waals surface area contributed by atoms with Crippen molar-refractivity contribution in [3.8, 4) is 23.0 Å². The summed E-state index contributed by atoms with van der Waals surface area (Å²) < 4.78 is 5.49. The fraction of sp³-hybridized carbons (Fsp3) is 0.300. The summed E-state index contributed by atoms with van der Waals surface area (Å²) in [6.07, 6.45) is 0.578. The van der Waals surface area contributed by atoms with Crippen LogP contribution in [0.3, 0.4) is 0 Å². The number of hydrogen-bond acceptors (Lipinski definition) is 6. The molecule has 29 heavy (non-hydrogen) atoms. The van der Waals surface area contributed by atoms with Crippen molar-refractivity contribution in [2.45, 2.75) is 6.42 Å². The van der Waals surface area contributed by atoms with E-state index in [1.54, 1.807) is 34.1 Å². The molecule has 2 amide bonds. The van der Waals surface area contributed by atoms with Gasteiger partial charge in [0, 0.05) is 36.8 Å². The van der Waals surface area contributed by atoms with E-state index in [1.165, 1.54) is 0 Å². The highest BCUT2D eigenvalue weighted by Gasteiger charge is 2.24. The number of ether oxygens (including phenoxy) is 1. The SMILES string of the molecule is O=C(COc1ccc(Cl)cc1)N1CCCN(C(=O)c2cc(O)c(O)c(O)c2)CC1. The fourth-order valence-corrected chi connectivity index (χ4v) is 3.17. The lowest BCUT2D eigenvalue weighted by Gasteiger charge is -2.22. The smallest absolute Gasteiger partial charge is 0.260 e. The second kappa shape index (κ2) is 8.91. The Morgan fingerprint density at radius 1 is 0.931 bits per heavy atom. The van der Waals surface area contributed by atoms with E-state index in [4.69, 9.17) is 16.3 Å². The number of phenolic OH excluding ortho intramolecular Hbond substituents is 3. The molecule has 1 saturated heterocycles. The van der Waals surface area contributed by atoms with Crippen molar-refractivity contribution in [2.75, 3.05) is 32.8 Å². The molecule has 3 N–H and O–H groups in total. The molecule has 1 aliphatic rings. The third-order valence-electron chi connectivity index (χ3n) is 4.63. The van der Waals surface area contributed by atoms with Gasteiger partial charge in [-0.15, -0.1) is 0 Å². The van der Waals surface area contributed by atoms with Crippen LogP contribution in [-0.2, 0) is 4.79 Å². The maximum atomic E-state index is 12.7. The van der Waals surface area contributed by atoms with Crippen LogP contribution in [0.2, 0.25) is 5.02 Å². The van der Waals surface area contributed by atoms with E-state index < -0.39 is 23.2 Å².